The van der Waals surface area contributed by atoms with Crippen LogP contribution in [-0.2, 0) is 12.0 Å². The van der Waals surface area contributed by atoms with E-state index < -0.39 is 5.54 Å². The number of amides is 1. The number of benzene rings is 1. The number of hydrogen-bond donors (Lipinski definition) is 2. The summed E-state index contributed by atoms with van der Waals surface area (Å²) in [6.07, 6.45) is 2.26. The van der Waals surface area contributed by atoms with Gasteiger partial charge >= 0.3 is 0 Å². The van der Waals surface area contributed by atoms with Crippen molar-refractivity contribution < 1.29 is 4.79 Å². The molecule has 2 aromatic rings. The average molecular weight is 281 g/mol. The van der Waals surface area contributed by atoms with E-state index in [0.717, 1.165) is 23.5 Å². The lowest BCUT2D eigenvalue weighted by molar-refractivity contribution is 0.0906. The standard InChI is InChI=1S/C17H19N3O/c1-17(2,11-6-4-3-5-7-11)18-16(21)15-13-9-10-8-12(10)14(13)19-20-15/h3-7,10,12H,8-9H2,1-2H3,(H,18,21)(H,19,20). The van der Waals surface area contributed by atoms with Crippen molar-refractivity contribution in [1.29, 1.82) is 0 Å². The summed E-state index contributed by atoms with van der Waals surface area (Å²) < 4.78 is 0. The molecule has 1 saturated carbocycles. The minimum absolute atomic E-state index is 0.0809. The molecule has 2 aliphatic carbocycles. The summed E-state index contributed by atoms with van der Waals surface area (Å²) in [4.78, 5) is 12.6. The van der Waals surface area contributed by atoms with Gasteiger partial charge in [-0.25, -0.2) is 0 Å². The molecule has 1 amide bonds. The molecular weight excluding hydrogens is 262 g/mol. The fourth-order valence-electron chi connectivity index (χ4n) is 3.44. The number of rotatable bonds is 3. The monoisotopic (exact) mass is 281 g/mol. The number of fused-ring (bicyclic) bond motifs is 3. The van der Waals surface area contributed by atoms with Crippen LogP contribution in [-0.4, -0.2) is 16.1 Å². The molecule has 0 spiro atoms. The van der Waals surface area contributed by atoms with Gasteiger partial charge in [0, 0.05) is 17.2 Å². The van der Waals surface area contributed by atoms with Crippen molar-refractivity contribution in [2.75, 3.05) is 0 Å². The van der Waals surface area contributed by atoms with E-state index in [1.807, 2.05) is 44.2 Å². The Morgan fingerprint density at radius 2 is 2.10 bits per heavy atom. The van der Waals surface area contributed by atoms with Crippen molar-refractivity contribution in [3.63, 3.8) is 0 Å². The second kappa shape index (κ2) is 4.20. The Bertz CT molecular complexity index is 702. The van der Waals surface area contributed by atoms with Crippen molar-refractivity contribution in [2.45, 2.75) is 38.1 Å². The molecule has 0 aliphatic heterocycles. The van der Waals surface area contributed by atoms with Gasteiger partial charge in [-0.05, 0) is 38.2 Å². The van der Waals surface area contributed by atoms with Crippen LogP contribution in [0.3, 0.4) is 0 Å². The molecule has 4 heteroatoms. The molecule has 1 aromatic heterocycles. The van der Waals surface area contributed by atoms with Crippen LogP contribution < -0.4 is 5.32 Å². The van der Waals surface area contributed by atoms with Crippen LogP contribution in [0.5, 0.6) is 0 Å². The minimum atomic E-state index is -0.411. The van der Waals surface area contributed by atoms with Crippen molar-refractivity contribution in [1.82, 2.24) is 15.5 Å². The van der Waals surface area contributed by atoms with Gasteiger partial charge in [-0.3, -0.25) is 9.89 Å². The first-order valence-electron chi connectivity index (χ1n) is 7.51. The molecule has 2 atom stereocenters. The van der Waals surface area contributed by atoms with Crippen molar-refractivity contribution in [3.8, 4) is 0 Å². The third-order valence-corrected chi connectivity index (χ3v) is 4.80. The first kappa shape index (κ1) is 12.6. The highest BCUT2D eigenvalue weighted by atomic mass is 16.2. The molecule has 4 nitrogen and oxygen atoms in total. The Balaban J connectivity index is 1.58. The molecule has 1 fully saturated rings. The number of H-pyrrole nitrogens is 1. The maximum Gasteiger partial charge on any atom is 0.272 e. The third-order valence-electron chi connectivity index (χ3n) is 4.80. The molecule has 4 rings (SSSR count). The SMILES string of the molecule is CC(C)(NC(=O)c1n[nH]c2c1CC1CC21)c1ccccc1. The zero-order valence-electron chi connectivity index (χ0n) is 12.3. The van der Waals surface area contributed by atoms with E-state index >= 15 is 0 Å². The molecule has 108 valence electrons. The molecule has 2 unspecified atom stereocenters. The maximum absolute atomic E-state index is 12.6. The predicted molar refractivity (Wildman–Crippen MR) is 80.1 cm³/mol. The topological polar surface area (TPSA) is 57.8 Å². The Hall–Kier alpha value is -2.10. The number of carbonyl (C=O) groups excluding carboxylic acids is 1. The molecule has 1 aromatic carbocycles. The Morgan fingerprint density at radius 3 is 2.86 bits per heavy atom. The normalized spacial score (nSPS) is 22.6. The predicted octanol–water partition coefficient (Wildman–Crippen LogP) is 2.73. The lowest BCUT2D eigenvalue weighted by Gasteiger charge is -2.26. The van der Waals surface area contributed by atoms with Crippen LogP contribution in [0.25, 0.3) is 0 Å². The highest BCUT2D eigenvalue weighted by Crippen LogP contribution is 2.56. The highest BCUT2D eigenvalue weighted by molar-refractivity contribution is 5.94. The molecule has 0 radical (unpaired) electrons. The summed E-state index contributed by atoms with van der Waals surface area (Å²) in [5.41, 5.74) is 3.60. The summed E-state index contributed by atoms with van der Waals surface area (Å²) in [5, 5.41) is 10.4. The number of aromatic nitrogens is 2. The van der Waals surface area contributed by atoms with Gasteiger partial charge in [0.2, 0.25) is 0 Å². The van der Waals surface area contributed by atoms with Crippen molar-refractivity contribution in [3.05, 3.63) is 52.8 Å². The van der Waals surface area contributed by atoms with Gasteiger partial charge in [0.1, 0.15) is 0 Å². The molecule has 21 heavy (non-hydrogen) atoms. The smallest absolute Gasteiger partial charge is 0.272 e. The fraction of sp³-hybridized carbons (Fsp3) is 0.412. The summed E-state index contributed by atoms with van der Waals surface area (Å²) in [5.74, 6) is 1.31. The number of hydrogen-bond acceptors (Lipinski definition) is 2. The van der Waals surface area contributed by atoms with Gasteiger partial charge in [-0.15, -0.1) is 0 Å². The quantitative estimate of drug-likeness (QED) is 0.909. The summed E-state index contributed by atoms with van der Waals surface area (Å²) >= 11 is 0. The largest absolute Gasteiger partial charge is 0.342 e. The first-order valence-corrected chi connectivity index (χ1v) is 7.51. The van der Waals surface area contributed by atoms with Gasteiger partial charge in [0.15, 0.2) is 5.69 Å². The van der Waals surface area contributed by atoms with Crippen LogP contribution in [0.15, 0.2) is 30.3 Å². The van der Waals surface area contributed by atoms with Crippen molar-refractivity contribution >= 4 is 5.91 Å². The molecule has 1 heterocycles. The second-order valence-corrected chi connectivity index (χ2v) is 6.72. The lowest BCUT2D eigenvalue weighted by Crippen LogP contribution is -2.41. The summed E-state index contributed by atoms with van der Waals surface area (Å²) in [6.45, 7) is 4.04. The zero-order valence-corrected chi connectivity index (χ0v) is 12.3. The van der Waals surface area contributed by atoms with Gasteiger partial charge in [0.05, 0.1) is 5.54 Å². The second-order valence-electron chi connectivity index (χ2n) is 6.72. The van der Waals surface area contributed by atoms with E-state index in [-0.39, 0.29) is 5.91 Å². The van der Waals surface area contributed by atoms with Crippen LogP contribution >= 0.6 is 0 Å². The van der Waals surface area contributed by atoms with E-state index in [4.69, 9.17) is 0 Å². The Kier molecular flexibility index (Phi) is 2.52. The number of nitrogens with zero attached hydrogens (tertiary/aromatic N) is 1. The van der Waals surface area contributed by atoms with Gasteiger partial charge in [-0.1, -0.05) is 30.3 Å². The fourth-order valence-corrected chi connectivity index (χ4v) is 3.44. The summed E-state index contributed by atoms with van der Waals surface area (Å²) in [7, 11) is 0. The molecule has 0 saturated heterocycles. The van der Waals surface area contributed by atoms with Crippen LogP contribution in [0, 0.1) is 5.92 Å². The molecule has 0 bridgehead atoms. The van der Waals surface area contributed by atoms with Gasteiger partial charge in [-0.2, -0.15) is 5.10 Å². The van der Waals surface area contributed by atoms with E-state index in [1.165, 1.54) is 12.1 Å². The van der Waals surface area contributed by atoms with Gasteiger partial charge in [0.25, 0.3) is 5.91 Å². The molecular formula is C17H19N3O. The van der Waals surface area contributed by atoms with Crippen LogP contribution in [0.2, 0.25) is 0 Å². The average Bonchev–Trinajstić information content (AvgIpc) is 2.94. The zero-order chi connectivity index (χ0) is 14.6. The van der Waals surface area contributed by atoms with E-state index in [0.29, 0.717) is 11.6 Å². The lowest BCUT2D eigenvalue weighted by atomic mass is 9.94. The van der Waals surface area contributed by atoms with Gasteiger partial charge < -0.3 is 5.32 Å². The van der Waals surface area contributed by atoms with Crippen LogP contribution in [0.1, 0.15) is 53.5 Å². The van der Waals surface area contributed by atoms with E-state index in [9.17, 15) is 4.79 Å². The van der Waals surface area contributed by atoms with Crippen molar-refractivity contribution in [2.24, 2.45) is 5.92 Å². The van der Waals surface area contributed by atoms with E-state index in [1.54, 1.807) is 0 Å². The minimum Gasteiger partial charge on any atom is -0.342 e. The summed E-state index contributed by atoms with van der Waals surface area (Å²) in [6, 6.07) is 10.0. The van der Waals surface area contributed by atoms with Crippen LogP contribution in [0.4, 0.5) is 0 Å². The Morgan fingerprint density at radius 1 is 1.33 bits per heavy atom. The molecule has 2 N–H and O–H groups in total. The van der Waals surface area contributed by atoms with E-state index in [2.05, 4.69) is 15.5 Å². The third kappa shape index (κ3) is 1.97. The first-order chi connectivity index (χ1) is 10.1. The highest BCUT2D eigenvalue weighted by Gasteiger charge is 2.48. The number of aromatic amines is 1. The maximum atomic E-state index is 12.6. The number of nitrogens with one attached hydrogen (secondary N) is 2. The Labute approximate surface area is 124 Å². The number of carbonyl (C=O) groups is 1. The molecule has 2 aliphatic rings.